The van der Waals surface area contributed by atoms with E-state index in [-0.39, 0.29) is 5.97 Å². The van der Waals surface area contributed by atoms with Crippen molar-refractivity contribution >= 4 is 5.97 Å². The largest absolute Gasteiger partial charge is 0.465 e. The fourth-order valence-electron chi connectivity index (χ4n) is 2.81. The summed E-state index contributed by atoms with van der Waals surface area (Å²) in [5.74, 6) is 0.249. The van der Waals surface area contributed by atoms with Crippen LogP contribution in [-0.2, 0) is 9.53 Å². The summed E-state index contributed by atoms with van der Waals surface area (Å²) in [4.78, 5) is 12.1. The van der Waals surface area contributed by atoms with Crippen molar-refractivity contribution in [3.05, 3.63) is 0 Å². The second-order valence-electron chi connectivity index (χ2n) is 5.56. The van der Waals surface area contributed by atoms with Gasteiger partial charge in [0.1, 0.15) is 0 Å². The van der Waals surface area contributed by atoms with Gasteiger partial charge in [-0.1, -0.05) is 19.8 Å². The van der Waals surface area contributed by atoms with Crippen molar-refractivity contribution in [1.82, 2.24) is 0 Å². The van der Waals surface area contributed by atoms with Gasteiger partial charge in [0.05, 0.1) is 17.6 Å². The van der Waals surface area contributed by atoms with Crippen molar-refractivity contribution in [3.8, 4) is 0 Å². The molecule has 94 valence electrons. The van der Waals surface area contributed by atoms with Gasteiger partial charge in [-0.2, -0.15) is 0 Å². The lowest BCUT2D eigenvalue weighted by molar-refractivity contribution is -0.178. The van der Waals surface area contributed by atoms with Gasteiger partial charge in [-0.25, -0.2) is 0 Å². The highest BCUT2D eigenvalue weighted by molar-refractivity contribution is 5.78. The standard InChI is InChI=1S/C13H24O3/c1-5-16-11(14)13(12(3,4)15)8-6-7-10(2)9-13/h10,15H,5-9H2,1-4H3. The molecule has 0 aromatic rings. The summed E-state index contributed by atoms with van der Waals surface area (Å²) >= 11 is 0. The number of hydrogen-bond donors (Lipinski definition) is 1. The summed E-state index contributed by atoms with van der Waals surface area (Å²) in [6, 6.07) is 0. The van der Waals surface area contributed by atoms with Crippen LogP contribution in [0.2, 0.25) is 0 Å². The molecule has 0 bridgehead atoms. The van der Waals surface area contributed by atoms with Crippen LogP contribution in [0, 0.1) is 11.3 Å². The van der Waals surface area contributed by atoms with E-state index in [0.29, 0.717) is 12.5 Å². The molecule has 0 saturated heterocycles. The van der Waals surface area contributed by atoms with E-state index in [9.17, 15) is 9.90 Å². The zero-order valence-electron chi connectivity index (χ0n) is 10.9. The first-order valence-electron chi connectivity index (χ1n) is 6.23. The topological polar surface area (TPSA) is 46.5 Å². The van der Waals surface area contributed by atoms with E-state index >= 15 is 0 Å². The molecule has 0 aliphatic heterocycles. The molecule has 1 rings (SSSR count). The van der Waals surface area contributed by atoms with Crippen molar-refractivity contribution in [2.45, 2.75) is 59.0 Å². The van der Waals surface area contributed by atoms with E-state index < -0.39 is 11.0 Å². The summed E-state index contributed by atoms with van der Waals surface area (Å²) in [5, 5.41) is 10.3. The average Bonchev–Trinajstić information content (AvgIpc) is 2.16. The smallest absolute Gasteiger partial charge is 0.314 e. The maximum atomic E-state index is 12.1. The quantitative estimate of drug-likeness (QED) is 0.755. The van der Waals surface area contributed by atoms with Crippen molar-refractivity contribution in [3.63, 3.8) is 0 Å². The Kier molecular flexibility index (Phi) is 4.00. The lowest BCUT2D eigenvalue weighted by atomic mass is 9.62. The molecular formula is C13H24O3. The van der Waals surface area contributed by atoms with Crippen molar-refractivity contribution in [2.75, 3.05) is 6.61 Å². The molecular weight excluding hydrogens is 204 g/mol. The number of rotatable bonds is 3. The average molecular weight is 228 g/mol. The zero-order valence-corrected chi connectivity index (χ0v) is 10.9. The van der Waals surface area contributed by atoms with Crippen LogP contribution >= 0.6 is 0 Å². The van der Waals surface area contributed by atoms with E-state index in [1.54, 1.807) is 13.8 Å². The molecule has 16 heavy (non-hydrogen) atoms. The Hall–Kier alpha value is -0.570. The minimum absolute atomic E-state index is 0.228. The van der Waals surface area contributed by atoms with Crippen LogP contribution in [0.1, 0.15) is 53.4 Å². The van der Waals surface area contributed by atoms with Gasteiger partial charge < -0.3 is 9.84 Å². The Morgan fingerprint density at radius 1 is 1.56 bits per heavy atom. The van der Waals surface area contributed by atoms with Gasteiger partial charge in [0, 0.05) is 0 Å². The molecule has 1 aliphatic carbocycles. The zero-order chi connectivity index (χ0) is 12.4. The van der Waals surface area contributed by atoms with Crippen molar-refractivity contribution in [1.29, 1.82) is 0 Å². The van der Waals surface area contributed by atoms with Crippen LogP contribution in [-0.4, -0.2) is 23.3 Å². The van der Waals surface area contributed by atoms with Crippen LogP contribution < -0.4 is 0 Å². The molecule has 1 N–H and O–H groups in total. The maximum absolute atomic E-state index is 12.1. The highest BCUT2D eigenvalue weighted by Crippen LogP contribution is 2.47. The Morgan fingerprint density at radius 2 is 2.19 bits per heavy atom. The molecule has 0 radical (unpaired) electrons. The van der Waals surface area contributed by atoms with Crippen LogP contribution in [0.3, 0.4) is 0 Å². The number of hydrogen-bond acceptors (Lipinski definition) is 3. The fraction of sp³-hybridized carbons (Fsp3) is 0.923. The van der Waals surface area contributed by atoms with E-state index in [4.69, 9.17) is 4.74 Å². The monoisotopic (exact) mass is 228 g/mol. The van der Waals surface area contributed by atoms with E-state index in [1.165, 1.54) is 0 Å². The molecule has 0 amide bonds. The van der Waals surface area contributed by atoms with Crippen LogP contribution in [0.25, 0.3) is 0 Å². The van der Waals surface area contributed by atoms with Gasteiger partial charge in [-0.15, -0.1) is 0 Å². The first kappa shape index (κ1) is 13.5. The second-order valence-corrected chi connectivity index (χ2v) is 5.56. The Morgan fingerprint density at radius 3 is 2.62 bits per heavy atom. The van der Waals surface area contributed by atoms with Gasteiger partial charge >= 0.3 is 5.97 Å². The third kappa shape index (κ3) is 2.40. The molecule has 0 spiro atoms. The molecule has 3 nitrogen and oxygen atoms in total. The molecule has 0 aromatic heterocycles. The number of ether oxygens (including phenoxy) is 1. The molecule has 0 heterocycles. The summed E-state index contributed by atoms with van der Waals surface area (Å²) in [7, 11) is 0. The van der Waals surface area contributed by atoms with E-state index in [0.717, 1.165) is 25.7 Å². The number of esters is 1. The third-order valence-corrected chi connectivity index (χ3v) is 3.83. The maximum Gasteiger partial charge on any atom is 0.314 e. The third-order valence-electron chi connectivity index (χ3n) is 3.83. The molecule has 1 saturated carbocycles. The van der Waals surface area contributed by atoms with Gasteiger partial charge in [0.2, 0.25) is 0 Å². The summed E-state index contributed by atoms with van der Waals surface area (Å²) in [6.07, 6.45) is 3.59. The Balaban J connectivity index is 2.97. The first-order chi connectivity index (χ1) is 7.33. The SMILES string of the molecule is CCOC(=O)C1(C(C)(C)O)CCCC(C)C1. The summed E-state index contributed by atoms with van der Waals surface area (Å²) < 4.78 is 5.16. The normalized spacial score (nSPS) is 31.2. The van der Waals surface area contributed by atoms with Crippen molar-refractivity contribution in [2.24, 2.45) is 11.3 Å². The van der Waals surface area contributed by atoms with Gasteiger partial charge in [-0.05, 0) is 39.5 Å². The lowest BCUT2D eigenvalue weighted by Crippen LogP contribution is -2.52. The minimum Gasteiger partial charge on any atom is -0.465 e. The van der Waals surface area contributed by atoms with Crippen molar-refractivity contribution < 1.29 is 14.6 Å². The fourth-order valence-corrected chi connectivity index (χ4v) is 2.81. The number of aliphatic hydroxyl groups is 1. The van der Waals surface area contributed by atoms with Gasteiger partial charge in [0.25, 0.3) is 0 Å². The van der Waals surface area contributed by atoms with Gasteiger partial charge in [0.15, 0.2) is 0 Å². The lowest BCUT2D eigenvalue weighted by Gasteiger charge is -2.45. The Labute approximate surface area is 98.2 Å². The molecule has 1 fully saturated rings. The molecule has 3 heteroatoms. The number of carbonyl (C=O) groups excluding carboxylic acids is 1. The first-order valence-corrected chi connectivity index (χ1v) is 6.23. The predicted octanol–water partition coefficient (Wildman–Crippen LogP) is 2.52. The molecule has 1 aliphatic rings. The van der Waals surface area contributed by atoms with Gasteiger partial charge in [-0.3, -0.25) is 4.79 Å². The molecule has 0 aromatic carbocycles. The van der Waals surface area contributed by atoms with E-state index in [2.05, 4.69) is 6.92 Å². The molecule has 2 unspecified atom stereocenters. The summed E-state index contributed by atoms with van der Waals surface area (Å²) in [5.41, 5.74) is -1.71. The van der Waals surface area contributed by atoms with Crippen LogP contribution in [0.4, 0.5) is 0 Å². The Bertz CT molecular complexity index is 254. The summed E-state index contributed by atoms with van der Waals surface area (Å²) in [6.45, 7) is 7.77. The predicted molar refractivity (Wildman–Crippen MR) is 63.0 cm³/mol. The van der Waals surface area contributed by atoms with Crippen LogP contribution in [0.15, 0.2) is 0 Å². The highest BCUT2D eigenvalue weighted by Gasteiger charge is 2.53. The minimum atomic E-state index is -1.01. The number of carbonyl (C=O) groups is 1. The highest BCUT2D eigenvalue weighted by atomic mass is 16.5. The molecule has 2 atom stereocenters. The second kappa shape index (κ2) is 4.74. The van der Waals surface area contributed by atoms with Crippen LogP contribution in [0.5, 0.6) is 0 Å². The van der Waals surface area contributed by atoms with E-state index in [1.807, 2.05) is 6.92 Å².